The Morgan fingerprint density at radius 1 is 1.28 bits per heavy atom. The first-order chi connectivity index (χ1) is 13.5. The normalized spacial score (nSPS) is 16.9. The lowest BCUT2D eigenvalue weighted by Crippen LogP contribution is -2.55. The minimum atomic E-state index is -0.404. The lowest BCUT2D eigenvalue weighted by molar-refractivity contribution is -0.113. The number of anilines is 2. The predicted octanol–water partition coefficient (Wildman–Crippen LogP) is 3.25. The summed E-state index contributed by atoms with van der Waals surface area (Å²) in [4.78, 5) is 26.4. The van der Waals surface area contributed by atoms with Gasteiger partial charge in [0.25, 0.3) is 0 Å². The van der Waals surface area contributed by atoms with Crippen molar-refractivity contribution in [1.29, 1.82) is 0 Å². The Kier molecular flexibility index (Phi) is 6.23. The largest absolute Gasteiger partial charge is 0.462 e. The zero-order chi connectivity index (χ0) is 21.4. The van der Waals surface area contributed by atoms with Crippen LogP contribution in [-0.4, -0.2) is 40.0 Å². The van der Waals surface area contributed by atoms with E-state index in [0.717, 1.165) is 10.4 Å². The predicted molar refractivity (Wildman–Crippen MR) is 118 cm³/mol. The molecule has 0 saturated heterocycles. The molecule has 2 aromatic heterocycles. The third-order valence-corrected chi connectivity index (χ3v) is 7.68. The summed E-state index contributed by atoms with van der Waals surface area (Å²) in [5, 5.41) is 15.1. The van der Waals surface area contributed by atoms with Crippen molar-refractivity contribution >= 4 is 56.4 Å². The molecule has 1 aliphatic heterocycles. The first-order valence-corrected chi connectivity index (χ1v) is 11.8. The third-order valence-electron chi connectivity index (χ3n) is 4.33. The molecule has 29 heavy (non-hydrogen) atoms. The number of carbonyl (C=O) groups excluding carboxylic acids is 2. The van der Waals surface area contributed by atoms with Crippen molar-refractivity contribution in [3.05, 3.63) is 16.0 Å². The smallest absolute Gasteiger partial charge is 0.341 e. The van der Waals surface area contributed by atoms with Crippen molar-refractivity contribution in [2.75, 3.05) is 23.4 Å². The number of nitrogen functional groups attached to an aromatic ring is 1. The molecule has 158 valence electrons. The molecule has 2 aromatic rings. The maximum Gasteiger partial charge on any atom is 0.341 e. The number of nitrogens with one attached hydrogen (secondary N) is 2. The Labute approximate surface area is 182 Å². The van der Waals surface area contributed by atoms with E-state index in [4.69, 9.17) is 10.5 Å². The lowest BCUT2D eigenvalue weighted by atomic mass is 9.81. The molecular weight excluding hydrogens is 430 g/mol. The van der Waals surface area contributed by atoms with Crippen LogP contribution in [0, 0.1) is 0 Å². The maximum atomic E-state index is 12.8. The number of fused-ring (bicyclic) bond motifs is 1. The number of rotatable bonds is 6. The highest BCUT2D eigenvalue weighted by Crippen LogP contribution is 2.45. The van der Waals surface area contributed by atoms with E-state index in [-0.39, 0.29) is 29.3 Å². The highest BCUT2D eigenvalue weighted by Gasteiger charge is 2.42. The van der Waals surface area contributed by atoms with Crippen LogP contribution in [0.2, 0.25) is 0 Å². The molecule has 3 heterocycles. The number of amides is 1. The van der Waals surface area contributed by atoms with E-state index in [0.29, 0.717) is 26.5 Å². The minimum Gasteiger partial charge on any atom is -0.462 e. The molecule has 3 rings (SSSR count). The quantitative estimate of drug-likeness (QED) is 0.449. The Morgan fingerprint density at radius 2 is 2.00 bits per heavy atom. The summed E-state index contributed by atoms with van der Waals surface area (Å²) in [5.41, 5.74) is 6.47. The van der Waals surface area contributed by atoms with Crippen LogP contribution in [-0.2, 0) is 21.5 Å². The summed E-state index contributed by atoms with van der Waals surface area (Å²) in [6.45, 7) is 10.4. The molecular formula is C18H25N5O3S3. The second-order valence-corrected chi connectivity index (χ2v) is 11.1. The van der Waals surface area contributed by atoms with E-state index in [2.05, 4.69) is 48.5 Å². The topological polar surface area (TPSA) is 119 Å². The number of hydrogen-bond acceptors (Lipinski definition) is 10. The molecule has 0 fully saturated rings. The minimum absolute atomic E-state index is 0.145. The fraction of sp³-hybridized carbons (Fsp3) is 0.556. The molecule has 0 spiro atoms. The average Bonchev–Trinajstić information content (AvgIpc) is 3.15. The van der Waals surface area contributed by atoms with Crippen molar-refractivity contribution in [3.8, 4) is 0 Å². The van der Waals surface area contributed by atoms with Crippen LogP contribution in [0.3, 0.4) is 0 Å². The van der Waals surface area contributed by atoms with Crippen molar-refractivity contribution < 1.29 is 14.3 Å². The highest BCUT2D eigenvalue weighted by atomic mass is 32.2. The van der Waals surface area contributed by atoms with E-state index < -0.39 is 5.97 Å². The average molecular weight is 456 g/mol. The third kappa shape index (κ3) is 4.90. The zero-order valence-electron chi connectivity index (χ0n) is 17.0. The second kappa shape index (κ2) is 8.21. The molecule has 8 nitrogen and oxygen atoms in total. The molecule has 1 amide bonds. The molecule has 1 aliphatic rings. The van der Waals surface area contributed by atoms with Crippen LogP contribution in [0.15, 0.2) is 4.34 Å². The number of nitrogens with zero attached hydrogens (tertiary/aromatic N) is 2. The van der Waals surface area contributed by atoms with Gasteiger partial charge in [-0.1, -0.05) is 23.1 Å². The van der Waals surface area contributed by atoms with Gasteiger partial charge in [-0.2, -0.15) is 0 Å². The number of thioether (sulfide) groups is 1. The Balaban J connectivity index is 1.88. The maximum absolute atomic E-state index is 12.8. The number of hydrogen-bond donors (Lipinski definition) is 3. The van der Waals surface area contributed by atoms with Crippen LogP contribution >= 0.6 is 34.4 Å². The van der Waals surface area contributed by atoms with Gasteiger partial charge in [0.2, 0.25) is 11.0 Å². The Bertz CT molecular complexity index is 935. The van der Waals surface area contributed by atoms with Gasteiger partial charge in [0.1, 0.15) is 5.00 Å². The molecule has 0 bridgehead atoms. The van der Waals surface area contributed by atoms with E-state index in [1.54, 1.807) is 6.92 Å². The van der Waals surface area contributed by atoms with Crippen molar-refractivity contribution in [3.63, 3.8) is 0 Å². The standard InChI is InChI=1S/C18H25N5O3S3/c1-6-26-14(25)11-9-7-17(2,3)23-18(4,5)12(9)28-13(11)20-10(24)8-27-16-22-21-15(19)29-16/h23H,6-8H2,1-5H3,(H2,19,21)(H,20,24). The van der Waals surface area contributed by atoms with Gasteiger partial charge < -0.3 is 21.1 Å². The monoisotopic (exact) mass is 455 g/mol. The van der Waals surface area contributed by atoms with Crippen LogP contribution in [0.5, 0.6) is 0 Å². The molecule has 0 aliphatic carbocycles. The van der Waals surface area contributed by atoms with E-state index in [1.807, 2.05) is 0 Å². The molecule has 0 radical (unpaired) electrons. The van der Waals surface area contributed by atoms with Crippen LogP contribution in [0.1, 0.15) is 55.4 Å². The van der Waals surface area contributed by atoms with Crippen LogP contribution in [0.25, 0.3) is 0 Å². The van der Waals surface area contributed by atoms with Gasteiger partial charge in [-0.25, -0.2) is 4.79 Å². The molecule has 0 unspecified atom stereocenters. The second-order valence-electron chi connectivity index (χ2n) is 7.89. The first kappa shape index (κ1) is 22.0. The van der Waals surface area contributed by atoms with Crippen molar-refractivity contribution in [2.45, 2.75) is 56.5 Å². The van der Waals surface area contributed by atoms with Gasteiger partial charge in [0.15, 0.2) is 4.34 Å². The Hall–Kier alpha value is -1.69. The number of thiophene rings is 1. The SMILES string of the molecule is CCOC(=O)c1c(NC(=O)CSc2nnc(N)s2)sc2c1CC(C)(C)NC2(C)C. The highest BCUT2D eigenvalue weighted by molar-refractivity contribution is 8.01. The van der Waals surface area contributed by atoms with Crippen molar-refractivity contribution in [1.82, 2.24) is 15.5 Å². The molecule has 0 saturated carbocycles. The number of carbonyl (C=O) groups is 2. The Morgan fingerprint density at radius 3 is 2.62 bits per heavy atom. The number of aromatic nitrogens is 2. The number of nitrogens with two attached hydrogens (primary N) is 1. The lowest BCUT2D eigenvalue weighted by Gasteiger charge is -2.42. The van der Waals surface area contributed by atoms with Gasteiger partial charge in [0, 0.05) is 16.0 Å². The summed E-state index contributed by atoms with van der Waals surface area (Å²) in [6, 6.07) is 0. The van der Waals surface area contributed by atoms with Gasteiger partial charge >= 0.3 is 5.97 Å². The number of ether oxygens (including phenoxy) is 1. The summed E-state index contributed by atoms with van der Waals surface area (Å²) in [7, 11) is 0. The molecule has 0 aromatic carbocycles. The molecule has 0 atom stereocenters. The summed E-state index contributed by atoms with van der Waals surface area (Å²) in [5.74, 6) is -0.483. The van der Waals surface area contributed by atoms with Crippen LogP contribution in [0.4, 0.5) is 10.1 Å². The van der Waals surface area contributed by atoms with E-state index in [9.17, 15) is 9.59 Å². The van der Waals surface area contributed by atoms with Gasteiger partial charge in [0.05, 0.1) is 17.9 Å². The fourth-order valence-corrected chi connectivity index (χ4v) is 6.32. The van der Waals surface area contributed by atoms with Gasteiger partial charge in [-0.05, 0) is 46.6 Å². The fourth-order valence-electron chi connectivity index (χ4n) is 3.60. The first-order valence-electron chi connectivity index (χ1n) is 9.16. The summed E-state index contributed by atoms with van der Waals surface area (Å²) in [6.07, 6.45) is 0.672. The zero-order valence-corrected chi connectivity index (χ0v) is 19.5. The van der Waals surface area contributed by atoms with Gasteiger partial charge in [-0.3, -0.25) is 4.79 Å². The molecule has 4 N–H and O–H groups in total. The summed E-state index contributed by atoms with van der Waals surface area (Å²) < 4.78 is 5.93. The van der Waals surface area contributed by atoms with Gasteiger partial charge in [-0.15, -0.1) is 21.5 Å². The van der Waals surface area contributed by atoms with Crippen LogP contribution < -0.4 is 16.4 Å². The number of esters is 1. The van der Waals surface area contributed by atoms with E-state index >= 15 is 0 Å². The van der Waals surface area contributed by atoms with Crippen molar-refractivity contribution in [2.24, 2.45) is 0 Å². The molecule has 11 heteroatoms. The summed E-state index contributed by atoms with van der Waals surface area (Å²) >= 11 is 3.92. The van der Waals surface area contributed by atoms with E-state index in [1.165, 1.54) is 34.4 Å².